The van der Waals surface area contributed by atoms with Gasteiger partial charge in [-0.1, -0.05) is 43.2 Å². The summed E-state index contributed by atoms with van der Waals surface area (Å²) in [5.74, 6) is 0.623. The van der Waals surface area contributed by atoms with Gasteiger partial charge in [0.2, 0.25) is 0 Å². The van der Waals surface area contributed by atoms with Gasteiger partial charge in [-0.2, -0.15) is 0 Å². The van der Waals surface area contributed by atoms with Crippen molar-refractivity contribution in [2.75, 3.05) is 19.6 Å². The standard InChI is InChI=1S/C19H25NO2/c21-18(22-17-14-20-12-8-15(17)9-13-20)19(10-4-5-11-19)16-6-2-1-3-7-16/h1-3,6-7,15,17H,4-5,8-14H2/t17-/m0/s1. The van der Waals surface area contributed by atoms with Gasteiger partial charge in [0.15, 0.2) is 0 Å². The van der Waals surface area contributed by atoms with Crippen LogP contribution >= 0.6 is 0 Å². The molecule has 0 aromatic heterocycles. The van der Waals surface area contributed by atoms with E-state index < -0.39 is 0 Å². The molecule has 4 fully saturated rings. The third-order valence-electron chi connectivity index (χ3n) is 6.03. The highest BCUT2D eigenvalue weighted by Crippen LogP contribution is 2.43. The third-order valence-corrected chi connectivity index (χ3v) is 6.03. The maximum absolute atomic E-state index is 13.1. The maximum atomic E-state index is 13.1. The Kier molecular flexibility index (Phi) is 3.69. The minimum atomic E-state index is -0.382. The summed E-state index contributed by atoms with van der Waals surface area (Å²) in [6, 6.07) is 10.3. The molecule has 0 N–H and O–H groups in total. The molecule has 0 radical (unpaired) electrons. The number of fused-ring (bicyclic) bond motifs is 3. The lowest BCUT2D eigenvalue weighted by Crippen LogP contribution is -2.53. The molecule has 1 aliphatic carbocycles. The van der Waals surface area contributed by atoms with Crippen molar-refractivity contribution in [2.24, 2.45) is 5.92 Å². The van der Waals surface area contributed by atoms with Crippen molar-refractivity contribution in [1.82, 2.24) is 4.90 Å². The number of hydrogen-bond acceptors (Lipinski definition) is 3. The molecule has 0 amide bonds. The van der Waals surface area contributed by atoms with E-state index in [1.165, 1.54) is 25.9 Å². The molecule has 3 heteroatoms. The second-order valence-corrected chi connectivity index (χ2v) is 7.24. The smallest absolute Gasteiger partial charge is 0.316 e. The number of ether oxygens (including phenoxy) is 1. The average Bonchev–Trinajstić information content (AvgIpc) is 3.08. The Hall–Kier alpha value is -1.35. The number of esters is 1. The second-order valence-electron chi connectivity index (χ2n) is 7.24. The fraction of sp³-hybridized carbons (Fsp3) is 0.632. The van der Waals surface area contributed by atoms with E-state index in [-0.39, 0.29) is 17.5 Å². The molecule has 3 heterocycles. The van der Waals surface area contributed by atoms with Gasteiger partial charge in [0.05, 0.1) is 5.41 Å². The van der Waals surface area contributed by atoms with Crippen molar-refractivity contribution in [1.29, 1.82) is 0 Å². The Bertz CT molecular complexity index is 528. The van der Waals surface area contributed by atoms with E-state index in [1.54, 1.807) is 0 Å². The number of nitrogens with zero attached hydrogens (tertiary/aromatic N) is 1. The van der Waals surface area contributed by atoms with Crippen LogP contribution in [-0.2, 0) is 14.9 Å². The van der Waals surface area contributed by atoms with E-state index in [9.17, 15) is 4.79 Å². The van der Waals surface area contributed by atoms with E-state index in [0.29, 0.717) is 5.92 Å². The van der Waals surface area contributed by atoms with Crippen LogP contribution in [0.25, 0.3) is 0 Å². The zero-order valence-electron chi connectivity index (χ0n) is 13.2. The fourth-order valence-electron chi connectivity index (χ4n) is 4.64. The molecular formula is C19H25NO2. The number of hydrogen-bond donors (Lipinski definition) is 0. The van der Waals surface area contributed by atoms with Crippen molar-refractivity contribution >= 4 is 5.97 Å². The number of benzene rings is 1. The molecule has 0 spiro atoms. The summed E-state index contributed by atoms with van der Waals surface area (Å²) < 4.78 is 6.09. The Balaban J connectivity index is 1.54. The first kappa shape index (κ1) is 14.3. The lowest BCUT2D eigenvalue weighted by atomic mass is 9.78. The lowest BCUT2D eigenvalue weighted by Gasteiger charge is -2.45. The van der Waals surface area contributed by atoms with Crippen molar-refractivity contribution in [2.45, 2.75) is 50.0 Å². The molecule has 22 heavy (non-hydrogen) atoms. The number of carbonyl (C=O) groups excluding carboxylic acids is 1. The number of rotatable bonds is 3. The van der Waals surface area contributed by atoms with Crippen molar-refractivity contribution in [3.63, 3.8) is 0 Å². The molecule has 1 atom stereocenters. The van der Waals surface area contributed by atoms with Crippen LogP contribution in [0.15, 0.2) is 30.3 Å². The van der Waals surface area contributed by atoms with Crippen molar-refractivity contribution in [3.05, 3.63) is 35.9 Å². The first-order valence-corrected chi connectivity index (χ1v) is 8.77. The van der Waals surface area contributed by atoms with Gasteiger partial charge in [-0.3, -0.25) is 9.69 Å². The highest BCUT2D eigenvalue weighted by atomic mass is 16.5. The van der Waals surface area contributed by atoms with E-state index in [1.807, 2.05) is 18.2 Å². The van der Waals surface area contributed by atoms with Gasteiger partial charge in [-0.15, -0.1) is 0 Å². The van der Waals surface area contributed by atoms with Gasteiger partial charge < -0.3 is 4.74 Å². The minimum absolute atomic E-state index is 0.0370. The highest BCUT2D eigenvalue weighted by Gasteiger charge is 2.46. The molecule has 4 aliphatic rings. The molecule has 3 nitrogen and oxygen atoms in total. The van der Waals surface area contributed by atoms with Gasteiger partial charge in [0, 0.05) is 6.54 Å². The fourth-order valence-corrected chi connectivity index (χ4v) is 4.64. The van der Waals surface area contributed by atoms with Gasteiger partial charge in [-0.05, 0) is 50.3 Å². The quantitative estimate of drug-likeness (QED) is 0.803. The van der Waals surface area contributed by atoms with E-state index in [4.69, 9.17) is 4.74 Å². The Morgan fingerprint density at radius 1 is 1.09 bits per heavy atom. The summed E-state index contributed by atoms with van der Waals surface area (Å²) in [6.07, 6.45) is 6.64. The van der Waals surface area contributed by atoms with Crippen LogP contribution in [-0.4, -0.2) is 36.6 Å². The van der Waals surface area contributed by atoms with Crippen LogP contribution in [0.5, 0.6) is 0 Å². The van der Waals surface area contributed by atoms with Crippen molar-refractivity contribution < 1.29 is 9.53 Å². The van der Waals surface area contributed by atoms with Crippen molar-refractivity contribution in [3.8, 4) is 0 Å². The SMILES string of the molecule is O=C(O[C@H]1CN2CCC1CC2)C1(c2ccccc2)CCCC1. The van der Waals surface area contributed by atoms with Gasteiger partial charge in [0.1, 0.15) is 6.10 Å². The number of piperidine rings is 3. The summed E-state index contributed by atoms with van der Waals surface area (Å²) in [4.78, 5) is 15.5. The third kappa shape index (κ3) is 2.36. The molecule has 0 unspecified atom stereocenters. The summed E-state index contributed by atoms with van der Waals surface area (Å²) in [5.41, 5.74) is 0.770. The summed E-state index contributed by atoms with van der Waals surface area (Å²) in [7, 11) is 0. The van der Waals surface area contributed by atoms with E-state index >= 15 is 0 Å². The summed E-state index contributed by atoms with van der Waals surface area (Å²) in [5, 5.41) is 0. The molecule has 5 rings (SSSR count). The van der Waals surface area contributed by atoms with Gasteiger partial charge in [0.25, 0.3) is 0 Å². The summed E-state index contributed by atoms with van der Waals surface area (Å²) in [6.45, 7) is 3.31. The Morgan fingerprint density at radius 3 is 2.36 bits per heavy atom. The molecule has 1 aromatic rings. The van der Waals surface area contributed by atoms with Crippen LogP contribution in [0.3, 0.4) is 0 Å². The second kappa shape index (κ2) is 5.69. The van der Waals surface area contributed by atoms with Crippen LogP contribution in [0.1, 0.15) is 44.1 Å². The first-order chi connectivity index (χ1) is 10.8. The highest BCUT2D eigenvalue weighted by molar-refractivity contribution is 5.83. The molecule has 2 bridgehead atoms. The molecule has 3 aliphatic heterocycles. The Morgan fingerprint density at radius 2 is 1.77 bits per heavy atom. The van der Waals surface area contributed by atoms with Crippen LogP contribution < -0.4 is 0 Å². The summed E-state index contributed by atoms with van der Waals surface area (Å²) >= 11 is 0. The van der Waals surface area contributed by atoms with Crippen LogP contribution in [0, 0.1) is 5.92 Å². The Labute approximate surface area is 132 Å². The lowest BCUT2D eigenvalue weighted by molar-refractivity contribution is -0.165. The zero-order valence-corrected chi connectivity index (χ0v) is 13.2. The van der Waals surface area contributed by atoms with Gasteiger partial charge >= 0.3 is 5.97 Å². The largest absolute Gasteiger partial charge is 0.460 e. The topological polar surface area (TPSA) is 29.5 Å². The van der Waals surface area contributed by atoms with Gasteiger partial charge in [-0.25, -0.2) is 0 Å². The maximum Gasteiger partial charge on any atom is 0.316 e. The number of carbonyl (C=O) groups is 1. The van der Waals surface area contributed by atoms with Crippen LogP contribution in [0.2, 0.25) is 0 Å². The predicted octanol–water partition coefficient (Wildman–Crippen LogP) is 3.14. The molecular weight excluding hydrogens is 274 g/mol. The molecule has 1 saturated carbocycles. The van der Waals surface area contributed by atoms with E-state index in [0.717, 1.165) is 37.8 Å². The zero-order chi connectivity index (χ0) is 15.0. The molecule has 118 valence electrons. The average molecular weight is 299 g/mol. The van der Waals surface area contributed by atoms with E-state index in [2.05, 4.69) is 17.0 Å². The predicted molar refractivity (Wildman–Crippen MR) is 85.6 cm³/mol. The minimum Gasteiger partial charge on any atom is -0.460 e. The van der Waals surface area contributed by atoms with Crippen LogP contribution in [0.4, 0.5) is 0 Å². The molecule has 3 saturated heterocycles. The normalized spacial score (nSPS) is 32.8. The monoisotopic (exact) mass is 299 g/mol. The first-order valence-electron chi connectivity index (χ1n) is 8.77. The molecule has 1 aromatic carbocycles.